The van der Waals surface area contributed by atoms with Gasteiger partial charge in [-0.05, 0) is 67.5 Å². The largest absolute Gasteiger partial charge is 0.398 e. The number of carbonyl (C=O) groups excluding carboxylic acids is 1. The van der Waals surface area contributed by atoms with Crippen LogP contribution in [0.15, 0.2) is 42.5 Å². The van der Waals surface area contributed by atoms with Gasteiger partial charge >= 0.3 is 0 Å². The lowest BCUT2D eigenvalue weighted by Gasteiger charge is -2.39. The Morgan fingerprint density at radius 2 is 1.72 bits per heavy atom. The van der Waals surface area contributed by atoms with Crippen LogP contribution in [0.2, 0.25) is 5.02 Å². The van der Waals surface area contributed by atoms with E-state index in [-0.39, 0.29) is 23.8 Å². The smallest absolute Gasteiger partial charge is 0.254 e. The molecule has 2 aromatic rings. The van der Waals surface area contributed by atoms with Gasteiger partial charge in [0.1, 0.15) is 5.82 Å². The fraction of sp³-hybridized carbons (Fsp3) is 0.350. The highest BCUT2D eigenvalue weighted by atomic mass is 35.5. The van der Waals surface area contributed by atoms with Gasteiger partial charge in [0, 0.05) is 17.6 Å². The Balaban J connectivity index is 1.55. The second-order valence-corrected chi connectivity index (χ2v) is 7.46. The second-order valence-electron chi connectivity index (χ2n) is 7.05. The van der Waals surface area contributed by atoms with Gasteiger partial charge in [-0.3, -0.25) is 4.79 Å². The standard InChI is InChI=1S/C20H20ClFN2O/c21-18-11-13(3-8-19(18)23)20(25)24-16-6-7-17(24)10-14(9-16)12-1-4-15(22)5-2-12/h1-5,8,11,14,16-17H,6-7,9-10,23H2/t14?,16-,17+. The lowest BCUT2D eigenvalue weighted by atomic mass is 9.85. The predicted molar refractivity (Wildman–Crippen MR) is 97.2 cm³/mol. The molecule has 4 rings (SSSR count). The van der Waals surface area contributed by atoms with Gasteiger partial charge in [-0.25, -0.2) is 4.39 Å². The zero-order valence-corrected chi connectivity index (χ0v) is 14.5. The number of rotatable bonds is 2. The first-order valence-corrected chi connectivity index (χ1v) is 9.04. The van der Waals surface area contributed by atoms with Crippen LogP contribution in [0.5, 0.6) is 0 Å². The van der Waals surface area contributed by atoms with Crippen molar-refractivity contribution in [3.8, 4) is 0 Å². The predicted octanol–water partition coefficient (Wildman–Crippen LogP) is 4.61. The molecule has 2 bridgehead atoms. The van der Waals surface area contributed by atoms with Crippen LogP contribution in [-0.4, -0.2) is 22.9 Å². The van der Waals surface area contributed by atoms with Gasteiger partial charge in [-0.2, -0.15) is 0 Å². The first-order chi connectivity index (χ1) is 12.0. The van der Waals surface area contributed by atoms with Crippen LogP contribution in [-0.2, 0) is 0 Å². The zero-order chi connectivity index (χ0) is 17.6. The average molecular weight is 359 g/mol. The molecule has 0 spiro atoms. The molecular weight excluding hydrogens is 339 g/mol. The van der Waals surface area contributed by atoms with Crippen molar-refractivity contribution in [1.82, 2.24) is 4.90 Å². The molecule has 0 aliphatic carbocycles. The Kier molecular flexibility index (Phi) is 4.16. The van der Waals surface area contributed by atoms with Crippen molar-refractivity contribution >= 4 is 23.2 Å². The number of benzene rings is 2. The number of fused-ring (bicyclic) bond motifs is 2. The van der Waals surface area contributed by atoms with Crippen molar-refractivity contribution < 1.29 is 9.18 Å². The van der Waals surface area contributed by atoms with Gasteiger partial charge in [-0.15, -0.1) is 0 Å². The third-order valence-electron chi connectivity index (χ3n) is 5.56. The Hall–Kier alpha value is -2.07. The Morgan fingerprint density at radius 1 is 1.08 bits per heavy atom. The van der Waals surface area contributed by atoms with Crippen molar-refractivity contribution in [3.05, 3.63) is 64.4 Å². The minimum Gasteiger partial charge on any atom is -0.398 e. The molecule has 130 valence electrons. The number of nitrogen functional groups attached to an aromatic ring is 1. The van der Waals surface area contributed by atoms with E-state index in [0.717, 1.165) is 25.7 Å². The van der Waals surface area contributed by atoms with Gasteiger partial charge in [0.15, 0.2) is 0 Å². The van der Waals surface area contributed by atoms with Crippen LogP contribution in [0.25, 0.3) is 0 Å². The summed E-state index contributed by atoms with van der Waals surface area (Å²) in [6.45, 7) is 0. The van der Waals surface area contributed by atoms with Crippen molar-refractivity contribution in [2.75, 3.05) is 5.73 Å². The molecule has 0 radical (unpaired) electrons. The number of piperidine rings is 1. The van der Waals surface area contributed by atoms with Crippen molar-refractivity contribution in [2.45, 2.75) is 43.7 Å². The first-order valence-electron chi connectivity index (χ1n) is 8.66. The lowest BCUT2D eigenvalue weighted by molar-refractivity contribution is 0.0571. The summed E-state index contributed by atoms with van der Waals surface area (Å²) in [6.07, 6.45) is 3.90. The SMILES string of the molecule is Nc1ccc(C(=O)N2[C@@H]3CC[C@H]2CC(c2ccc(F)cc2)C3)cc1Cl. The quantitative estimate of drug-likeness (QED) is 0.797. The number of hydrogen-bond acceptors (Lipinski definition) is 2. The fourth-order valence-electron chi connectivity index (χ4n) is 4.32. The summed E-state index contributed by atoms with van der Waals surface area (Å²) in [6, 6.07) is 12.3. The number of hydrogen-bond donors (Lipinski definition) is 1. The van der Waals surface area contributed by atoms with Gasteiger partial charge in [0.2, 0.25) is 0 Å². The summed E-state index contributed by atoms with van der Waals surface area (Å²) < 4.78 is 13.2. The van der Waals surface area contributed by atoms with Crippen molar-refractivity contribution in [2.24, 2.45) is 0 Å². The minimum atomic E-state index is -0.209. The van der Waals surface area contributed by atoms with E-state index in [2.05, 4.69) is 0 Å². The highest BCUT2D eigenvalue weighted by Gasteiger charge is 2.43. The maximum atomic E-state index is 13.2. The molecule has 25 heavy (non-hydrogen) atoms. The van der Waals surface area contributed by atoms with Crippen LogP contribution >= 0.6 is 11.6 Å². The summed E-state index contributed by atoms with van der Waals surface area (Å²) in [5.41, 5.74) is 7.99. The summed E-state index contributed by atoms with van der Waals surface area (Å²) in [4.78, 5) is 15.0. The zero-order valence-electron chi connectivity index (χ0n) is 13.8. The van der Waals surface area contributed by atoms with E-state index in [1.54, 1.807) is 18.2 Å². The third kappa shape index (κ3) is 2.99. The van der Waals surface area contributed by atoms with E-state index in [0.29, 0.717) is 22.2 Å². The number of amides is 1. The van der Waals surface area contributed by atoms with Crippen LogP contribution in [0, 0.1) is 5.82 Å². The van der Waals surface area contributed by atoms with Gasteiger partial charge in [0.25, 0.3) is 5.91 Å². The first kappa shape index (κ1) is 16.4. The molecule has 0 saturated carbocycles. The number of carbonyl (C=O) groups is 1. The van der Waals surface area contributed by atoms with Crippen LogP contribution in [0.4, 0.5) is 10.1 Å². The summed E-state index contributed by atoms with van der Waals surface area (Å²) in [5.74, 6) is 0.212. The maximum Gasteiger partial charge on any atom is 0.254 e. The number of nitrogens with two attached hydrogens (primary N) is 1. The Labute approximate surface area is 151 Å². The Bertz CT molecular complexity index is 794. The van der Waals surface area contributed by atoms with E-state index < -0.39 is 0 Å². The average Bonchev–Trinajstić information content (AvgIpc) is 2.87. The molecule has 2 saturated heterocycles. The van der Waals surface area contributed by atoms with Gasteiger partial charge in [-0.1, -0.05) is 23.7 Å². The Morgan fingerprint density at radius 3 is 2.32 bits per heavy atom. The summed E-state index contributed by atoms with van der Waals surface area (Å²) >= 11 is 6.07. The monoisotopic (exact) mass is 358 g/mol. The maximum absolute atomic E-state index is 13.2. The van der Waals surface area contributed by atoms with Crippen LogP contribution in [0.3, 0.4) is 0 Å². The molecule has 2 aliphatic rings. The fourth-order valence-corrected chi connectivity index (χ4v) is 4.51. The number of halogens is 2. The van der Waals surface area contributed by atoms with E-state index in [9.17, 15) is 9.18 Å². The molecule has 2 N–H and O–H groups in total. The molecule has 2 fully saturated rings. The van der Waals surface area contributed by atoms with E-state index in [4.69, 9.17) is 17.3 Å². The highest BCUT2D eigenvalue weighted by Crippen LogP contribution is 2.43. The molecule has 1 unspecified atom stereocenters. The second kappa shape index (κ2) is 6.34. The molecule has 3 nitrogen and oxygen atoms in total. The minimum absolute atomic E-state index is 0.0342. The highest BCUT2D eigenvalue weighted by molar-refractivity contribution is 6.33. The van der Waals surface area contributed by atoms with Crippen molar-refractivity contribution in [1.29, 1.82) is 0 Å². The van der Waals surface area contributed by atoms with E-state index in [1.807, 2.05) is 17.0 Å². The lowest BCUT2D eigenvalue weighted by Crippen LogP contribution is -2.46. The molecule has 1 amide bonds. The molecule has 3 atom stereocenters. The molecular formula is C20H20ClFN2O. The van der Waals surface area contributed by atoms with Gasteiger partial charge in [0.05, 0.1) is 10.7 Å². The normalized spacial score (nSPS) is 25.2. The topological polar surface area (TPSA) is 46.3 Å². The number of anilines is 1. The summed E-state index contributed by atoms with van der Waals surface area (Å²) in [7, 11) is 0. The number of nitrogens with zero attached hydrogens (tertiary/aromatic N) is 1. The van der Waals surface area contributed by atoms with Crippen LogP contribution in [0.1, 0.15) is 47.5 Å². The summed E-state index contributed by atoms with van der Waals surface area (Å²) in [5, 5.41) is 0.416. The molecule has 2 heterocycles. The van der Waals surface area contributed by atoms with E-state index in [1.165, 1.54) is 17.7 Å². The molecule has 5 heteroatoms. The van der Waals surface area contributed by atoms with Crippen molar-refractivity contribution in [3.63, 3.8) is 0 Å². The third-order valence-corrected chi connectivity index (χ3v) is 5.88. The van der Waals surface area contributed by atoms with Gasteiger partial charge < -0.3 is 10.6 Å². The molecule has 2 aliphatic heterocycles. The molecule has 2 aromatic carbocycles. The molecule has 0 aromatic heterocycles. The van der Waals surface area contributed by atoms with Crippen LogP contribution < -0.4 is 5.73 Å². The van der Waals surface area contributed by atoms with E-state index >= 15 is 0 Å².